The average molecular weight is 393 g/mol. The van der Waals surface area contributed by atoms with Gasteiger partial charge in [0.05, 0.1) is 17.6 Å². The van der Waals surface area contributed by atoms with Gasteiger partial charge in [-0.25, -0.2) is 4.98 Å². The lowest BCUT2D eigenvalue weighted by Crippen LogP contribution is -2.19. The minimum absolute atomic E-state index is 0.0443. The largest absolute Gasteiger partial charge is 0.323 e. The van der Waals surface area contributed by atoms with Crippen LogP contribution in [0, 0.1) is 18.6 Å². The number of aromatic amines is 1. The quantitative estimate of drug-likeness (QED) is 0.520. The molecule has 2 N–H and O–H groups in total. The van der Waals surface area contributed by atoms with Gasteiger partial charge in [0.2, 0.25) is 5.91 Å². The van der Waals surface area contributed by atoms with Gasteiger partial charge < -0.3 is 5.32 Å². The van der Waals surface area contributed by atoms with Crippen LogP contribution >= 0.6 is 12.2 Å². The van der Waals surface area contributed by atoms with E-state index >= 15 is 0 Å². The lowest BCUT2D eigenvalue weighted by atomic mass is 10.1. The number of aryl methyl sites for hydroxylation is 3. The van der Waals surface area contributed by atoms with E-state index in [2.05, 4.69) is 25.6 Å². The summed E-state index contributed by atoms with van der Waals surface area (Å²) >= 11 is 5.31. The second kappa shape index (κ2) is 7.01. The first kappa shape index (κ1) is 18.1. The maximum Gasteiger partial charge on any atom is 0.244 e. The number of amides is 1. The number of benzene rings is 1. The first-order chi connectivity index (χ1) is 13.4. The Balaban J connectivity index is 1.59. The zero-order valence-corrected chi connectivity index (χ0v) is 16.5. The summed E-state index contributed by atoms with van der Waals surface area (Å²) in [7, 11) is 1.84. The highest BCUT2D eigenvalue weighted by Gasteiger charge is 2.14. The zero-order chi connectivity index (χ0) is 19.8. The Kier molecular flexibility index (Phi) is 4.52. The number of rotatable bonds is 4. The molecule has 4 aromatic rings. The summed E-state index contributed by atoms with van der Waals surface area (Å²) in [6, 6.07) is 9.77. The van der Waals surface area contributed by atoms with Gasteiger partial charge in [0.25, 0.3) is 0 Å². The molecule has 4 rings (SSSR count). The Hall–Kier alpha value is -3.33. The van der Waals surface area contributed by atoms with E-state index in [9.17, 15) is 4.79 Å². The lowest BCUT2D eigenvalue weighted by Gasteiger charge is -2.09. The molecule has 0 aliphatic rings. The molecule has 1 aromatic carbocycles. The maximum atomic E-state index is 12.6. The molecule has 0 aliphatic heterocycles. The van der Waals surface area contributed by atoms with Gasteiger partial charge in [0, 0.05) is 18.0 Å². The van der Waals surface area contributed by atoms with Gasteiger partial charge in [-0.3, -0.25) is 19.1 Å². The number of aromatic nitrogens is 6. The molecule has 0 bridgehead atoms. The lowest BCUT2D eigenvalue weighted by molar-refractivity contribution is -0.116. The molecule has 0 radical (unpaired) electrons. The van der Waals surface area contributed by atoms with Crippen molar-refractivity contribution in [3.8, 4) is 11.4 Å². The van der Waals surface area contributed by atoms with Crippen molar-refractivity contribution < 1.29 is 4.79 Å². The van der Waals surface area contributed by atoms with Crippen LogP contribution in [0.1, 0.15) is 11.3 Å². The summed E-state index contributed by atoms with van der Waals surface area (Å²) in [6.07, 6.45) is 1.62. The molecule has 8 nitrogen and oxygen atoms in total. The van der Waals surface area contributed by atoms with Crippen LogP contribution in [-0.2, 0) is 18.4 Å². The van der Waals surface area contributed by atoms with Crippen LogP contribution in [0.3, 0.4) is 0 Å². The molecule has 142 valence electrons. The van der Waals surface area contributed by atoms with Gasteiger partial charge in [0.1, 0.15) is 6.54 Å². The van der Waals surface area contributed by atoms with Crippen molar-refractivity contribution in [1.82, 2.24) is 29.5 Å². The van der Waals surface area contributed by atoms with E-state index < -0.39 is 0 Å². The van der Waals surface area contributed by atoms with Crippen molar-refractivity contribution in [3.63, 3.8) is 0 Å². The summed E-state index contributed by atoms with van der Waals surface area (Å²) in [4.78, 5) is 17.0. The summed E-state index contributed by atoms with van der Waals surface area (Å²) < 4.78 is 3.79. The molecule has 0 saturated carbocycles. The molecular formula is C19H19N7OS. The first-order valence-corrected chi connectivity index (χ1v) is 9.14. The van der Waals surface area contributed by atoms with E-state index in [1.165, 1.54) is 0 Å². The van der Waals surface area contributed by atoms with Gasteiger partial charge in [-0.05, 0) is 38.2 Å². The van der Waals surface area contributed by atoms with Crippen molar-refractivity contribution in [1.29, 1.82) is 0 Å². The third-order valence-electron chi connectivity index (χ3n) is 4.48. The number of carbonyl (C=O) groups is 1. The highest BCUT2D eigenvalue weighted by molar-refractivity contribution is 7.71. The van der Waals surface area contributed by atoms with Crippen LogP contribution in [0.2, 0.25) is 0 Å². The number of hydrogen-bond donors (Lipinski definition) is 2. The van der Waals surface area contributed by atoms with Gasteiger partial charge in [-0.1, -0.05) is 23.8 Å². The van der Waals surface area contributed by atoms with E-state index in [-0.39, 0.29) is 12.5 Å². The second-order valence-corrected chi connectivity index (χ2v) is 7.05. The topological polar surface area (TPSA) is 93.4 Å². The van der Waals surface area contributed by atoms with Crippen LogP contribution < -0.4 is 5.32 Å². The Bertz CT molecular complexity index is 1250. The average Bonchev–Trinajstić information content (AvgIpc) is 3.15. The van der Waals surface area contributed by atoms with E-state index in [1.807, 2.05) is 51.2 Å². The summed E-state index contributed by atoms with van der Waals surface area (Å²) in [5.74, 6) is 0.412. The molecule has 0 aliphatic carbocycles. The number of fused-ring (bicyclic) bond motifs is 1. The van der Waals surface area contributed by atoms with Crippen LogP contribution in [-0.4, -0.2) is 35.4 Å². The number of pyridine rings is 1. The molecule has 0 fully saturated rings. The normalized spacial score (nSPS) is 11.1. The predicted molar refractivity (Wildman–Crippen MR) is 109 cm³/mol. The fourth-order valence-electron chi connectivity index (χ4n) is 3.19. The smallest absolute Gasteiger partial charge is 0.244 e. The van der Waals surface area contributed by atoms with Crippen LogP contribution in [0.25, 0.3) is 22.4 Å². The number of carbonyl (C=O) groups excluding carboxylic acids is 1. The van der Waals surface area contributed by atoms with E-state index in [0.29, 0.717) is 16.3 Å². The van der Waals surface area contributed by atoms with Crippen LogP contribution in [0.4, 0.5) is 5.69 Å². The highest BCUT2D eigenvalue weighted by atomic mass is 32.1. The SMILES string of the molecule is Cc1cccc(-c2n[nH]c(=S)n2CC(=O)Nc2cnc3c(c2)c(C)nn3C)c1. The van der Waals surface area contributed by atoms with E-state index in [4.69, 9.17) is 12.2 Å². The monoisotopic (exact) mass is 393 g/mol. The van der Waals surface area contributed by atoms with Crippen molar-refractivity contribution in [2.45, 2.75) is 20.4 Å². The molecule has 0 atom stereocenters. The molecule has 0 unspecified atom stereocenters. The molecule has 3 aromatic heterocycles. The zero-order valence-electron chi connectivity index (χ0n) is 15.7. The Labute approximate surface area is 166 Å². The summed E-state index contributed by atoms with van der Waals surface area (Å²) in [5, 5.41) is 15.2. The van der Waals surface area contributed by atoms with Gasteiger partial charge >= 0.3 is 0 Å². The molecule has 0 spiro atoms. The van der Waals surface area contributed by atoms with Gasteiger partial charge in [-0.2, -0.15) is 10.2 Å². The highest BCUT2D eigenvalue weighted by Crippen LogP contribution is 2.21. The minimum Gasteiger partial charge on any atom is -0.323 e. The first-order valence-electron chi connectivity index (χ1n) is 8.74. The molecule has 1 amide bonds. The van der Waals surface area contributed by atoms with Crippen molar-refractivity contribution in [3.05, 3.63) is 52.6 Å². The molecule has 28 heavy (non-hydrogen) atoms. The third kappa shape index (κ3) is 3.31. The predicted octanol–water partition coefficient (Wildman–Crippen LogP) is 3.14. The van der Waals surface area contributed by atoms with Crippen molar-refractivity contribution in [2.24, 2.45) is 7.05 Å². The fourth-order valence-corrected chi connectivity index (χ4v) is 3.39. The summed E-state index contributed by atoms with van der Waals surface area (Å²) in [5.41, 5.74) is 4.25. The second-order valence-electron chi connectivity index (χ2n) is 6.66. The number of nitrogens with zero attached hydrogens (tertiary/aromatic N) is 5. The Morgan fingerprint density at radius 1 is 1.29 bits per heavy atom. The number of anilines is 1. The standard InChI is InChI=1S/C19H19N7OS/c1-11-5-4-6-13(7-11)17-22-23-19(28)26(17)10-16(27)21-14-8-15-12(2)24-25(3)18(15)20-9-14/h4-9H,10H2,1-3H3,(H,21,27)(H,23,28). The van der Waals surface area contributed by atoms with Crippen LogP contribution in [0.5, 0.6) is 0 Å². The van der Waals surface area contributed by atoms with E-state index in [1.54, 1.807) is 15.4 Å². The van der Waals surface area contributed by atoms with Gasteiger partial charge in [0.15, 0.2) is 16.2 Å². The van der Waals surface area contributed by atoms with Crippen molar-refractivity contribution >= 4 is 34.8 Å². The number of nitrogens with one attached hydrogen (secondary N) is 2. The van der Waals surface area contributed by atoms with Crippen molar-refractivity contribution in [2.75, 3.05) is 5.32 Å². The molecule has 0 saturated heterocycles. The maximum absolute atomic E-state index is 12.6. The van der Waals surface area contributed by atoms with Crippen LogP contribution in [0.15, 0.2) is 36.5 Å². The molecular weight excluding hydrogens is 374 g/mol. The minimum atomic E-state index is -0.214. The fraction of sp³-hybridized carbons (Fsp3) is 0.211. The third-order valence-corrected chi connectivity index (χ3v) is 4.79. The number of H-pyrrole nitrogens is 1. The summed E-state index contributed by atoms with van der Waals surface area (Å²) in [6.45, 7) is 3.96. The van der Waals surface area contributed by atoms with Gasteiger partial charge in [-0.15, -0.1) is 0 Å². The Morgan fingerprint density at radius 3 is 2.89 bits per heavy atom. The molecule has 3 heterocycles. The molecule has 9 heteroatoms. The van der Waals surface area contributed by atoms with E-state index in [0.717, 1.165) is 27.9 Å². The number of hydrogen-bond acceptors (Lipinski definition) is 5. The Morgan fingerprint density at radius 2 is 2.11 bits per heavy atom.